The second-order valence-electron chi connectivity index (χ2n) is 2.73. The van der Waals surface area contributed by atoms with E-state index in [1.165, 1.54) is 16.7 Å². The summed E-state index contributed by atoms with van der Waals surface area (Å²) in [6.45, 7) is 6.21. The third kappa shape index (κ3) is 3.13. The van der Waals surface area contributed by atoms with E-state index in [4.69, 9.17) is 12.6 Å². The summed E-state index contributed by atoms with van der Waals surface area (Å²) in [5, 5.41) is 0. The molecule has 0 saturated carbocycles. The molecule has 0 fully saturated rings. The molecule has 0 unspecified atom stereocenters. The second-order valence-corrected chi connectivity index (χ2v) is 3.14. The van der Waals surface area contributed by atoms with Gasteiger partial charge in [0.25, 0.3) is 0 Å². The minimum Gasteiger partial charge on any atom is -0.779 e. The van der Waals surface area contributed by atoms with Crippen molar-refractivity contribution in [1.29, 1.82) is 0 Å². The molecule has 1 aromatic carbocycles. The zero-order chi connectivity index (χ0) is 7.72. The summed E-state index contributed by atoms with van der Waals surface area (Å²) in [6, 6.07) is 4.24. The Balaban J connectivity index is 0.000001000. The molecule has 11 heavy (non-hydrogen) atoms. The molecule has 2 heteroatoms. The molecule has 1 rings (SSSR count). The van der Waals surface area contributed by atoms with Crippen molar-refractivity contribution in [3.05, 3.63) is 28.8 Å². The maximum absolute atomic E-state index is 5.15. The summed E-state index contributed by atoms with van der Waals surface area (Å²) in [5.41, 5.74) is 3.73. The summed E-state index contributed by atoms with van der Waals surface area (Å²) in [4.78, 5) is 1.01. The summed E-state index contributed by atoms with van der Waals surface area (Å²) < 4.78 is 0. The van der Waals surface area contributed by atoms with Crippen LogP contribution in [0.1, 0.15) is 16.7 Å². The molecular weight excluding hydrogens is 179 g/mol. The maximum Gasteiger partial charge on any atom is 1.00 e. The molecule has 1 aromatic rings. The molecule has 54 valence electrons. The van der Waals surface area contributed by atoms with Gasteiger partial charge < -0.3 is 12.6 Å². The standard InChI is InChI=1S/C9H12S.K/c1-6-4-7(2)9(10)8(3)5-6;/h4-5,10H,1-3H3;/q;+1/p-1. The van der Waals surface area contributed by atoms with E-state index in [1.807, 2.05) is 0 Å². The Labute approximate surface area is 117 Å². The van der Waals surface area contributed by atoms with E-state index in [0.717, 1.165) is 4.90 Å². The van der Waals surface area contributed by atoms with Gasteiger partial charge in [0.15, 0.2) is 0 Å². The van der Waals surface area contributed by atoms with Gasteiger partial charge in [0.1, 0.15) is 0 Å². The first-order valence-electron chi connectivity index (χ1n) is 3.36. The van der Waals surface area contributed by atoms with Gasteiger partial charge in [-0.2, -0.15) is 4.90 Å². The molecule has 0 radical (unpaired) electrons. The van der Waals surface area contributed by atoms with E-state index < -0.39 is 0 Å². The molecular formula is C9H11KS. The van der Waals surface area contributed by atoms with Crippen molar-refractivity contribution in [3.63, 3.8) is 0 Å². The number of aryl methyl sites for hydroxylation is 3. The quantitative estimate of drug-likeness (QED) is 0.393. The first-order chi connectivity index (χ1) is 4.61. The minimum absolute atomic E-state index is 0. The molecule has 0 atom stereocenters. The van der Waals surface area contributed by atoms with Crippen molar-refractivity contribution in [2.75, 3.05) is 0 Å². The van der Waals surface area contributed by atoms with Crippen LogP contribution >= 0.6 is 0 Å². The van der Waals surface area contributed by atoms with E-state index >= 15 is 0 Å². The van der Waals surface area contributed by atoms with Crippen molar-refractivity contribution in [2.45, 2.75) is 25.7 Å². The molecule has 0 aliphatic rings. The Morgan fingerprint density at radius 1 is 1.00 bits per heavy atom. The van der Waals surface area contributed by atoms with E-state index in [1.54, 1.807) is 0 Å². The third-order valence-corrected chi connectivity index (χ3v) is 2.25. The van der Waals surface area contributed by atoms with Crippen LogP contribution < -0.4 is 51.4 Å². The van der Waals surface area contributed by atoms with Gasteiger partial charge in [0, 0.05) is 0 Å². The fourth-order valence-corrected chi connectivity index (χ4v) is 1.28. The normalized spacial score (nSPS) is 9.00. The summed E-state index contributed by atoms with van der Waals surface area (Å²) in [7, 11) is 0. The van der Waals surface area contributed by atoms with Gasteiger partial charge in [-0.15, -0.1) is 0 Å². The number of hydrogen-bond donors (Lipinski definition) is 0. The number of rotatable bonds is 0. The van der Waals surface area contributed by atoms with Gasteiger partial charge in [0.2, 0.25) is 0 Å². The van der Waals surface area contributed by atoms with Gasteiger partial charge in [-0.3, -0.25) is 0 Å². The van der Waals surface area contributed by atoms with Gasteiger partial charge in [-0.25, -0.2) is 0 Å². The fraction of sp³-hybridized carbons (Fsp3) is 0.333. The first kappa shape index (κ1) is 12.1. The smallest absolute Gasteiger partial charge is 0.779 e. The molecule has 0 bridgehead atoms. The van der Waals surface area contributed by atoms with E-state index in [2.05, 4.69) is 32.9 Å². The van der Waals surface area contributed by atoms with Crippen molar-refractivity contribution in [1.82, 2.24) is 0 Å². The van der Waals surface area contributed by atoms with Gasteiger partial charge in [-0.1, -0.05) is 28.8 Å². The summed E-state index contributed by atoms with van der Waals surface area (Å²) >= 11 is 5.15. The van der Waals surface area contributed by atoms with Crippen LogP contribution in [0.3, 0.4) is 0 Å². The molecule has 0 nitrogen and oxygen atoms in total. The van der Waals surface area contributed by atoms with Crippen LogP contribution in [0.15, 0.2) is 17.0 Å². The molecule has 0 aliphatic heterocycles. The molecule has 0 spiro atoms. The SMILES string of the molecule is Cc1cc(C)c([S-])c(C)c1.[K+]. The molecule has 0 aromatic heterocycles. The minimum atomic E-state index is 0. The predicted molar refractivity (Wildman–Crippen MR) is 46.3 cm³/mol. The van der Waals surface area contributed by atoms with Gasteiger partial charge in [-0.05, 0) is 20.8 Å². The Morgan fingerprint density at radius 2 is 1.36 bits per heavy atom. The summed E-state index contributed by atoms with van der Waals surface area (Å²) in [5.74, 6) is 0. The monoisotopic (exact) mass is 190 g/mol. The number of hydrogen-bond acceptors (Lipinski definition) is 1. The molecule has 0 saturated heterocycles. The molecule has 0 N–H and O–H groups in total. The largest absolute Gasteiger partial charge is 1.00 e. The average Bonchev–Trinajstić information content (AvgIpc) is 1.82. The zero-order valence-corrected chi connectivity index (χ0v) is 11.5. The topological polar surface area (TPSA) is 0 Å². The fourth-order valence-electron chi connectivity index (χ4n) is 1.17. The van der Waals surface area contributed by atoms with Crippen LogP contribution in [0.4, 0.5) is 0 Å². The van der Waals surface area contributed by atoms with E-state index in [9.17, 15) is 0 Å². The van der Waals surface area contributed by atoms with Gasteiger partial charge >= 0.3 is 51.4 Å². The molecule has 0 amide bonds. The molecule has 0 heterocycles. The Hall–Kier alpha value is 1.08. The van der Waals surface area contributed by atoms with Crippen molar-refractivity contribution in [2.24, 2.45) is 0 Å². The predicted octanol–water partition coefficient (Wildman–Crippen LogP) is -0.478. The maximum atomic E-state index is 5.15. The molecule has 0 aliphatic carbocycles. The van der Waals surface area contributed by atoms with Crippen LogP contribution in [-0.4, -0.2) is 0 Å². The second kappa shape index (κ2) is 4.95. The van der Waals surface area contributed by atoms with Crippen molar-refractivity contribution in [3.8, 4) is 0 Å². The van der Waals surface area contributed by atoms with Crippen molar-refractivity contribution < 1.29 is 51.4 Å². The van der Waals surface area contributed by atoms with Crippen LogP contribution in [0.5, 0.6) is 0 Å². The Kier molecular flexibility index (Phi) is 5.43. The van der Waals surface area contributed by atoms with E-state index in [-0.39, 0.29) is 51.4 Å². The first-order valence-corrected chi connectivity index (χ1v) is 3.77. The van der Waals surface area contributed by atoms with E-state index in [0.29, 0.717) is 0 Å². The van der Waals surface area contributed by atoms with Gasteiger partial charge in [0.05, 0.1) is 0 Å². The van der Waals surface area contributed by atoms with Crippen molar-refractivity contribution >= 4 is 12.6 Å². The average molecular weight is 190 g/mol. The third-order valence-electron chi connectivity index (χ3n) is 1.60. The van der Waals surface area contributed by atoms with Crippen LogP contribution in [0.2, 0.25) is 0 Å². The Bertz CT molecular complexity index is 233. The van der Waals surface area contributed by atoms with Crippen LogP contribution in [-0.2, 0) is 12.6 Å². The van der Waals surface area contributed by atoms with Crippen LogP contribution in [0, 0.1) is 20.8 Å². The zero-order valence-electron chi connectivity index (χ0n) is 7.56. The summed E-state index contributed by atoms with van der Waals surface area (Å²) in [6.07, 6.45) is 0. The Morgan fingerprint density at radius 3 is 1.73 bits per heavy atom. The van der Waals surface area contributed by atoms with Crippen LogP contribution in [0.25, 0.3) is 0 Å². The number of benzene rings is 1.